The number of benzene rings is 2. The number of ether oxygens (including phenoxy) is 3. The predicted molar refractivity (Wildman–Crippen MR) is 119 cm³/mol. The molecule has 4 rings (SSSR count). The zero-order chi connectivity index (χ0) is 20.4. The summed E-state index contributed by atoms with van der Waals surface area (Å²) in [4.78, 5) is 5.83. The Balaban J connectivity index is 1.88. The smallest absolute Gasteiger partial charge is 0.197 e. The number of hydrogen-bond acceptors (Lipinski definition) is 6. The van der Waals surface area contributed by atoms with Crippen LogP contribution in [-0.4, -0.2) is 43.9 Å². The zero-order valence-corrected chi connectivity index (χ0v) is 18.1. The van der Waals surface area contributed by atoms with Crippen LogP contribution in [0.5, 0.6) is 11.5 Å². The molecular weight excluding hydrogens is 410 g/mol. The fraction of sp³-hybridized carbons (Fsp3) is 0.286. The third-order valence-corrected chi connectivity index (χ3v) is 5.89. The Morgan fingerprint density at radius 2 is 1.83 bits per heavy atom. The van der Waals surface area contributed by atoms with E-state index >= 15 is 0 Å². The van der Waals surface area contributed by atoms with Crippen LogP contribution in [0.25, 0.3) is 26.4 Å². The maximum atomic E-state index is 6.19. The van der Waals surface area contributed by atoms with Gasteiger partial charge in [-0.25, -0.2) is 4.98 Å². The summed E-state index contributed by atoms with van der Waals surface area (Å²) in [5, 5.41) is 4.27. The minimum atomic E-state index is 0.692. The molecule has 4 aromatic rings. The minimum absolute atomic E-state index is 0.692. The van der Waals surface area contributed by atoms with E-state index in [1.54, 1.807) is 32.7 Å². The SMILES string of the molecule is COCCCNc1c(-c2cc(OC)cc(OC)c2)nc2sc3cc(Cl)ccc3n12. The van der Waals surface area contributed by atoms with Gasteiger partial charge in [0.15, 0.2) is 4.96 Å². The van der Waals surface area contributed by atoms with E-state index in [-0.39, 0.29) is 0 Å². The van der Waals surface area contributed by atoms with E-state index in [2.05, 4.69) is 9.72 Å². The van der Waals surface area contributed by atoms with Gasteiger partial charge in [-0.2, -0.15) is 0 Å². The second-order valence-electron chi connectivity index (χ2n) is 6.52. The van der Waals surface area contributed by atoms with Crippen LogP contribution in [0.1, 0.15) is 6.42 Å². The average molecular weight is 432 g/mol. The van der Waals surface area contributed by atoms with Gasteiger partial charge in [0.1, 0.15) is 23.0 Å². The quantitative estimate of drug-likeness (QED) is 0.382. The second kappa shape index (κ2) is 8.49. The highest BCUT2D eigenvalue weighted by Gasteiger charge is 2.19. The number of halogens is 1. The largest absolute Gasteiger partial charge is 0.497 e. The highest BCUT2D eigenvalue weighted by molar-refractivity contribution is 7.23. The first kappa shape index (κ1) is 19.8. The molecule has 0 amide bonds. The number of nitrogens with one attached hydrogen (secondary N) is 1. The van der Waals surface area contributed by atoms with Crippen LogP contribution in [0.15, 0.2) is 36.4 Å². The lowest BCUT2D eigenvalue weighted by molar-refractivity contribution is 0.198. The Labute approximate surface area is 178 Å². The topological polar surface area (TPSA) is 57.0 Å². The molecule has 2 aromatic carbocycles. The zero-order valence-electron chi connectivity index (χ0n) is 16.5. The fourth-order valence-electron chi connectivity index (χ4n) is 3.28. The van der Waals surface area contributed by atoms with Gasteiger partial charge >= 0.3 is 0 Å². The van der Waals surface area contributed by atoms with Crippen molar-refractivity contribution >= 4 is 43.9 Å². The fourth-order valence-corrected chi connectivity index (χ4v) is 4.58. The van der Waals surface area contributed by atoms with Crippen molar-refractivity contribution in [3.63, 3.8) is 0 Å². The van der Waals surface area contributed by atoms with Crippen LogP contribution in [-0.2, 0) is 4.74 Å². The molecule has 0 spiro atoms. The molecule has 0 atom stereocenters. The highest BCUT2D eigenvalue weighted by atomic mass is 35.5. The van der Waals surface area contributed by atoms with Gasteiger partial charge in [0.05, 0.1) is 24.4 Å². The van der Waals surface area contributed by atoms with Crippen LogP contribution in [0.2, 0.25) is 5.02 Å². The van der Waals surface area contributed by atoms with Crippen molar-refractivity contribution in [2.75, 3.05) is 39.8 Å². The second-order valence-corrected chi connectivity index (χ2v) is 7.96. The van der Waals surface area contributed by atoms with Crippen LogP contribution < -0.4 is 14.8 Å². The van der Waals surface area contributed by atoms with Crippen molar-refractivity contribution < 1.29 is 14.2 Å². The molecule has 8 heteroatoms. The normalized spacial score (nSPS) is 11.3. The number of hydrogen-bond donors (Lipinski definition) is 1. The number of nitrogens with zero attached hydrogens (tertiary/aromatic N) is 2. The van der Waals surface area contributed by atoms with E-state index in [9.17, 15) is 0 Å². The summed E-state index contributed by atoms with van der Waals surface area (Å²) in [5.41, 5.74) is 2.84. The van der Waals surface area contributed by atoms with E-state index in [0.29, 0.717) is 6.61 Å². The Morgan fingerprint density at radius 1 is 1.07 bits per heavy atom. The number of thiazole rings is 1. The van der Waals surface area contributed by atoms with E-state index in [1.807, 2.05) is 36.4 Å². The van der Waals surface area contributed by atoms with Crippen molar-refractivity contribution in [2.24, 2.45) is 0 Å². The van der Waals surface area contributed by atoms with Crippen LogP contribution in [0, 0.1) is 0 Å². The molecule has 0 saturated heterocycles. The van der Waals surface area contributed by atoms with Gasteiger partial charge in [-0.05, 0) is 36.8 Å². The third kappa shape index (κ3) is 3.85. The van der Waals surface area contributed by atoms with Crippen LogP contribution in [0.3, 0.4) is 0 Å². The molecule has 0 aliphatic rings. The maximum Gasteiger partial charge on any atom is 0.197 e. The molecule has 0 bridgehead atoms. The molecule has 0 fully saturated rings. The van der Waals surface area contributed by atoms with Gasteiger partial charge in [-0.1, -0.05) is 22.9 Å². The Kier molecular flexibility index (Phi) is 5.80. The van der Waals surface area contributed by atoms with Gasteiger partial charge < -0.3 is 19.5 Å². The molecule has 1 N–H and O–H groups in total. The molecule has 6 nitrogen and oxygen atoms in total. The van der Waals surface area contributed by atoms with Crippen molar-refractivity contribution in [1.29, 1.82) is 0 Å². The molecular formula is C21H22ClN3O3S. The summed E-state index contributed by atoms with van der Waals surface area (Å²) in [5.74, 6) is 2.37. The van der Waals surface area contributed by atoms with E-state index in [0.717, 1.165) is 61.7 Å². The Bertz CT molecular complexity index is 1130. The van der Waals surface area contributed by atoms with Crippen molar-refractivity contribution in [3.05, 3.63) is 41.4 Å². The summed E-state index contributed by atoms with van der Waals surface area (Å²) in [6.07, 6.45) is 0.887. The number of methoxy groups -OCH3 is 3. The average Bonchev–Trinajstić information content (AvgIpc) is 3.26. The first-order valence-electron chi connectivity index (χ1n) is 9.21. The minimum Gasteiger partial charge on any atom is -0.497 e. The van der Waals surface area contributed by atoms with Crippen LogP contribution in [0.4, 0.5) is 5.82 Å². The van der Waals surface area contributed by atoms with E-state index in [4.69, 9.17) is 30.8 Å². The highest BCUT2D eigenvalue weighted by Crippen LogP contribution is 2.39. The monoisotopic (exact) mass is 431 g/mol. The molecule has 0 aliphatic heterocycles. The van der Waals surface area contributed by atoms with Gasteiger partial charge in [0.25, 0.3) is 0 Å². The Hall–Kier alpha value is -2.48. The van der Waals surface area contributed by atoms with Crippen molar-refractivity contribution in [3.8, 4) is 22.8 Å². The van der Waals surface area contributed by atoms with E-state index < -0.39 is 0 Å². The van der Waals surface area contributed by atoms with Gasteiger partial charge in [0, 0.05) is 36.9 Å². The van der Waals surface area contributed by atoms with Crippen LogP contribution >= 0.6 is 22.9 Å². The summed E-state index contributed by atoms with van der Waals surface area (Å²) >= 11 is 7.79. The molecule has 0 saturated carbocycles. The van der Waals surface area contributed by atoms with E-state index in [1.165, 1.54) is 0 Å². The lowest BCUT2D eigenvalue weighted by Crippen LogP contribution is -2.07. The molecule has 0 radical (unpaired) electrons. The number of aromatic nitrogens is 2. The lowest BCUT2D eigenvalue weighted by Gasteiger charge is -2.11. The van der Waals surface area contributed by atoms with Crippen molar-refractivity contribution in [1.82, 2.24) is 9.38 Å². The van der Waals surface area contributed by atoms with Crippen molar-refractivity contribution in [2.45, 2.75) is 6.42 Å². The maximum absolute atomic E-state index is 6.19. The predicted octanol–water partition coefficient (Wildman–Crippen LogP) is 5.34. The molecule has 2 heterocycles. The molecule has 152 valence electrons. The molecule has 0 aliphatic carbocycles. The number of rotatable bonds is 8. The standard InChI is InChI=1S/C21H22ClN3O3S/c1-26-8-4-7-23-20-19(13-9-15(27-2)12-16(10-13)28-3)24-21-25(20)17-6-5-14(22)11-18(17)29-21/h5-6,9-12,23H,4,7-8H2,1-3H3. The van der Waals surface area contributed by atoms with Gasteiger partial charge in [-0.15, -0.1) is 0 Å². The number of imidazole rings is 1. The Morgan fingerprint density at radius 3 is 2.52 bits per heavy atom. The first-order valence-corrected chi connectivity index (χ1v) is 10.4. The summed E-state index contributed by atoms with van der Waals surface area (Å²) in [7, 11) is 5.00. The lowest BCUT2D eigenvalue weighted by atomic mass is 10.1. The summed E-state index contributed by atoms with van der Waals surface area (Å²) in [6.45, 7) is 1.46. The first-order chi connectivity index (χ1) is 14.1. The number of anilines is 1. The van der Waals surface area contributed by atoms with Gasteiger partial charge in [-0.3, -0.25) is 4.40 Å². The van der Waals surface area contributed by atoms with Gasteiger partial charge in [0.2, 0.25) is 0 Å². The molecule has 29 heavy (non-hydrogen) atoms. The third-order valence-electron chi connectivity index (χ3n) is 4.65. The number of fused-ring (bicyclic) bond motifs is 3. The molecule has 2 aromatic heterocycles. The summed E-state index contributed by atoms with van der Waals surface area (Å²) in [6, 6.07) is 11.7. The summed E-state index contributed by atoms with van der Waals surface area (Å²) < 4.78 is 19.3. The molecule has 0 unspecified atom stereocenters.